The topological polar surface area (TPSA) is 78.1 Å². The predicted molar refractivity (Wildman–Crippen MR) is 126 cm³/mol. The predicted octanol–water partition coefficient (Wildman–Crippen LogP) is 5.13. The highest BCUT2D eigenvalue weighted by atomic mass is 35.5. The molecule has 1 N–H and O–H groups in total. The van der Waals surface area contributed by atoms with Gasteiger partial charge in [0.15, 0.2) is 17.3 Å². The Hall–Kier alpha value is -2.38. The van der Waals surface area contributed by atoms with Crippen LogP contribution in [-0.4, -0.2) is 37.8 Å². The number of ether oxygens (including phenoxy) is 3. The number of methoxy groups -OCH3 is 1. The van der Waals surface area contributed by atoms with E-state index in [0.717, 1.165) is 36.8 Å². The number of aliphatic hydroxyl groups excluding tert-OH is 1. The number of hydrogen-bond acceptors (Lipinski definition) is 6. The van der Waals surface area contributed by atoms with E-state index in [1.807, 2.05) is 36.4 Å². The first kappa shape index (κ1) is 22.4. The molecular weight excluding hydrogens is 444 g/mol. The van der Waals surface area contributed by atoms with Gasteiger partial charge in [-0.05, 0) is 73.6 Å². The molecule has 174 valence electrons. The Morgan fingerprint density at radius 1 is 1.12 bits per heavy atom. The summed E-state index contributed by atoms with van der Waals surface area (Å²) < 4.78 is 22.4. The monoisotopic (exact) mass is 470 g/mol. The van der Waals surface area contributed by atoms with Gasteiger partial charge in [0.25, 0.3) is 0 Å². The highest BCUT2D eigenvalue weighted by Gasteiger charge is 2.35. The molecule has 33 heavy (non-hydrogen) atoms. The van der Waals surface area contributed by atoms with Crippen LogP contribution < -0.4 is 10.2 Å². The standard InChI is InChI=1S/C26H27ClO6/c1-30-26(29)18-10-20(11-18)32-9-8-31-19-6-4-16(5-7-19)24-14-23(28)21-12-17(15-2-3-15)13-22(27)25(21)33-24/h4-7,12-15,18,20,26,29H,2-3,8-11H2,1H3/t18?,20?,26-/m0/s1. The van der Waals surface area contributed by atoms with Gasteiger partial charge in [0.05, 0.1) is 23.1 Å². The van der Waals surface area contributed by atoms with Crippen LogP contribution in [0.2, 0.25) is 5.02 Å². The van der Waals surface area contributed by atoms with Gasteiger partial charge in [-0.3, -0.25) is 4.79 Å². The molecule has 0 radical (unpaired) electrons. The van der Waals surface area contributed by atoms with E-state index in [2.05, 4.69) is 0 Å². The van der Waals surface area contributed by atoms with Crippen molar-refractivity contribution in [3.05, 3.63) is 63.3 Å². The van der Waals surface area contributed by atoms with Crippen LogP contribution in [0.1, 0.15) is 37.2 Å². The molecule has 0 aliphatic heterocycles. The Morgan fingerprint density at radius 2 is 1.88 bits per heavy atom. The third kappa shape index (κ3) is 4.94. The lowest BCUT2D eigenvalue weighted by Crippen LogP contribution is -2.40. The molecule has 0 saturated heterocycles. The molecule has 2 saturated carbocycles. The second-order valence-corrected chi connectivity index (χ2v) is 9.26. The van der Waals surface area contributed by atoms with Crippen molar-refractivity contribution in [2.75, 3.05) is 20.3 Å². The maximum absolute atomic E-state index is 12.7. The van der Waals surface area contributed by atoms with Gasteiger partial charge in [-0.2, -0.15) is 0 Å². The van der Waals surface area contributed by atoms with Crippen molar-refractivity contribution < 1.29 is 23.7 Å². The lowest BCUT2D eigenvalue weighted by molar-refractivity contribution is -0.166. The Balaban J connectivity index is 1.19. The van der Waals surface area contributed by atoms with Crippen LogP contribution in [0.25, 0.3) is 22.3 Å². The number of aliphatic hydroxyl groups is 1. The van der Waals surface area contributed by atoms with Crippen molar-refractivity contribution in [2.45, 2.75) is 44.0 Å². The van der Waals surface area contributed by atoms with Gasteiger partial charge < -0.3 is 23.7 Å². The van der Waals surface area contributed by atoms with Crippen molar-refractivity contribution >= 4 is 22.6 Å². The summed E-state index contributed by atoms with van der Waals surface area (Å²) in [7, 11) is 1.51. The molecule has 7 heteroatoms. The minimum atomic E-state index is -0.706. The SMILES string of the molecule is CO[C@H](O)C1CC(OCCOc2ccc(-c3cc(=O)c4cc(C5CC5)cc(Cl)c4o3)cc2)C1. The van der Waals surface area contributed by atoms with Crippen LogP contribution in [-0.2, 0) is 9.47 Å². The van der Waals surface area contributed by atoms with E-state index in [0.29, 0.717) is 46.6 Å². The third-order valence-electron chi connectivity index (χ3n) is 6.47. The average molecular weight is 471 g/mol. The summed E-state index contributed by atoms with van der Waals surface area (Å²) in [4.78, 5) is 12.7. The van der Waals surface area contributed by atoms with Crippen LogP contribution in [0.4, 0.5) is 0 Å². The fourth-order valence-electron chi connectivity index (χ4n) is 4.29. The van der Waals surface area contributed by atoms with Gasteiger partial charge in [-0.1, -0.05) is 11.6 Å². The van der Waals surface area contributed by atoms with E-state index in [-0.39, 0.29) is 17.5 Å². The number of benzene rings is 2. The maximum atomic E-state index is 12.7. The van der Waals surface area contributed by atoms with E-state index >= 15 is 0 Å². The Morgan fingerprint density at radius 3 is 2.58 bits per heavy atom. The molecular formula is C26H27ClO6. The molecule has 2 aromatic carbocycles. The number of fused-ring (bicyclic) bond motifs is 1. The second-order valence-electron chi connectivity index (χ2n) is 8.85. The smallest absolute Gasteiger partial charge is 0.193 e. The van der Waals surface area contributed by atoms with E-state index in [4.69, 9.17) is 30.2 Å². The molecule has 1 atom stereocenters. The van der Waals surface area contributed by atoms with E-state index in [1.165, 1.54) is 13.2 Å². The summed E-state index contributed by atoms with van der Waals surface area (Å²) in [5.74, 6) is 1.84. The van der Waals surface area contributed by atoms with Gasteiger partial charge in [-0.15, -0.1) is 0 Å². The summed E-state index contributed by atoms with van der Waals surface area (Å²) in [6.07, 6.45) is 3.33. The lowest BCUT2D eigenvalue weighted by atomic mass is 9.82. The fourth-order valence-corrected chi connectivity index (χ4v) is 4.56. The molecule has 2 aliphatic rings. The molecule has 0 spiro atoms. The molecule has 0 bridgehead atoms. The van der Waals surface area contributed by atoms with Gasteiger partial charge in [0.1, 0.15) is 18.1 Å². The quantitative estimate of drug-likeness (QED) is 0.345. The van der Waals surface area contributed by atoms with Gasteiger partial charge in [-0.25, -0.2) is 0 Å². The molecule has 0 amide bonds. The molecule has 1 aromatic heterocycles. The zero-order valence-electron chi connectivity index (χ0n) is 18.5. The summed E-state index contributed by atoms with van der Waals surface area (Å²) in [6.45, 7) is 0.903. The van der Waals surface area contributed by atoms with Crippen LogP contribution in [0.5, 0.6) is 5.75 Å². The molecule has 5 rings (SSSR count). The van der Waals surface area contributed by atoms with E-state index in [9.17, 15) is 9.90 Å². The van der Waals surface area contributed by atoms with Gasteiger partial charge in [0, 0.05) is 24.7 Å². The first-order valence-corrected chi connectivity index (χ1v) is 11.7. The van der Waals surface area contributed by atoms with E-state index < -0.39 is 6.29 Å². The first-order chi connectivity index (χ1) is 16.0. The number of hydrogen-bond donors (Lipinski definition) is 1. The van der Waals surface area contributed by atoms with E-state index in [1.54, 1.807) is 0 Å². The average Bonchev–Trinajstić information content (AvgIpc) is 3.63. The zero-order chi connectivity index (χ0) is 22.9. The van der Waals surface area contributed by atoms with Crippen molar-refractivity contribution in [3.63, 3.8) is 0 Å². The van der Waals surface area contributed by atoms with Crippen molar-refractivity contribution in [2.24, 2.45) is 5.92 Å². The molecule has 1 heterocycles. The highest BCUT2D eigenvalue weighted by molar-refractivity contribution is 6.34. The molecule has 2 aliphatic carbocycles. The minimum absolute atomic E-state index is 0.0932. The van der Waals surface area contributed by atoms with Crippen molar-refractivity contribution in [1.29, 1.82) is 0 Å². The summed E-state index contributed by atoms with van der Waals surface area (Å²) >= 11 is 6.45. The maximum Gasteiger partial charge on any atom is 0.193 e. The second kappa shape index (κ2) is 9.47. The normalized spacial score (nSPS) is 21.1. The zero-order valence-corrected chi connectivity index (χ0v) is 19.2. The van der Waals surface area contributed by atoms with Crippen LogP contribution in [0.15, 0.2) is 51.7 Å². The molecule has 2 fully saturated rings. The first-order valence-electron chi connectivity index (χ1n) is 11.3. The summed E-state index contributed by atoms with van der Waals surface area (Å²) in [5, 5.41) is 10.6. The van der Waals surface area contributed by atoms with Crippen LogP contribution in [0.3, 0.4) is 0 Å². The number of rotatable bonds is 9. The molecule has 0 unspecified atom stereocenters. The summed E-state index contributed by atoms with van der Waals surface area (Å²) in [6, 6.07) is 12.7. The van der Waals surface area contributed by atoms with Crippen molar-refractivity contribution in [3.8, 4) is 17.1 Å². The Labute approximate surface area is 197 Å². The minimum Gasteiger partial charge on any atom is -0.491 e. The number of halogens is 1. The van der Waals surface area contributed by atoms with Crippen LogP contribution in [0, 0.1) is 5.92 Å². The van der Waals surface area contributed by atoms with Crippen molar-refractivity contribution in [1.82, 2.24) is 0 Å². The van der Waals surface area contributed by atoms with Gasteiger partial charge in [0.2, 0.25) is 0 Å². The Kier molecular flexibility index (Phi) is 6.43. The van der Waals surface area contributed by atoms with Gasteiger partial charge >= 0.3 is 0 Å². The van der Waals surface area contributed by atoms with Crippen LogP contribution >= 0.6 is 11.6 Å². The fraction of sp³-hybridized carbons (Fsp3) is 0.423. The largest absolute Gasteiger partial charge is 0.491 e. The highest BCUT2D eigenvalue weighted by Crippen LogP contribution is 2.42. The summed E-state index contributed by atoms with van der Waals surface area (Å²) in [5.41, 5.74) is 2.22. The third-order valence-corrected chi connectivity index (χ3v) is 6.76. The molecule has 3 aromatic rings. The Bertz CT molecular complexity index is 1180. The molecule has 6 nitrogen and oxygen atoms in total. The lowest BCUT2D eigenvalue weighted by Gasteiger charge is -2.37.